The van der Waals surface area contributed by atoms with E-state index in [2.05, 4.69) is 9.97 Å². The SMILES string of the molecule is CCc1c(N)ncnc1-c1ccc(OC)c(F)c1. The first-order chi connectivity index (χ1) is 8.67. The lowest BCUT2D eigenvalue weighted by atomic mass is 10.0. The van der Waals surface area contributed by atoms with E-state index >= 15 is 0 Å². The predicted molar refractivity (Wildman–Crippen MR) is 67.8 cm³/mol. The first-order valence-corrected chi connectivity index (χ1v) is 5.60. The highest BCUT2D eigenvalue weighted by Gasteiger charge is 2.12. The second-order valence-corrected chi connectivity index (χ2v) is 3.79. The second-order valence-electron chi connectivity index (χ2n) is 3.79. The summed E-state index contributed by atoms with van der Waals surface area (Å²) in [6, 6.07) is 4.71. The van der Waals surface area contributed by atoms with E-state index in [-0.39, 0.29) is 5.75 Å². The fraction of sp³-hybridized carbons (Fsp3) is 0.231. The van der Waals surface area contributed by atoms with Gasteiger partial charge in [0.15, 0.2) is 11.6 Å². The fourth-order valence-electron chi connectivity index (χ4n) is 1.84. The molecule has 1 heterocycles. The summed E-state index contributed by atoms with van der Waals surface area (Å²) in [4.78, 5) is 8.12. The average molecular weight is 247 g/mol. The van der Waals surface area contributed by atoms with Crippen molar-refractivity contribution in [3.05, 3.63) is 35.9 Å². The molecule has 0 spiro atoms. The van der Waals surface area contributed by atoms with Gasteiger partial charge in [0.2, 0.25) is 0 Å². The van der Waals surface area contributed by atoms with Crippen molar-refractivity contribution in [3.63, 3.8) is 0 Å². The van der Waals surface area contributed by atoms with Gasteiger partial charge in [0.25, 0.3) is 0 Å². The zero-order valence-corrected chi connectivity index (χ0v) is 10.3. The molecule has 0 atom stereocenters. The molecule has 4 nitrogen and oxygen atoms in total. The summed E-state index contributed by atoms with van der Waals surface area (Å²) in [5, 5.41) is 0. The molecule has 94 valence electrons. The Bertz CT molecular complexity index is 572. The first kappa shape index (κ1) is 12.3. The molecule has 0 amide bonds. The van der Waals surface area contributed by atoms with Crippen LogP contribution in [0.5, 0.6) is 5.75 Å². The molecule has 0 radical (unpaired) electrons. The van der Waals surface area contributed by atoms with Gasteiger partial charge in [-0.3, -0.25) is 0 Å². The quantitative estimate of drug-likeness (QED) is 0.904. The van der Waals surface area contributed by atoms with Crippen LogP contribution in [0.2, 0.25) is 0 Å². The van der Waals surface area contributed by atoms with Crippen LogP contribution in [0.25, 0.3) is 11.3 Å². The van der Waals surface area contributed by atoms with Crippen molar-refractivity contribution in [2.75, 3.05) is 12.8 Å². The summed E-state index contributed by atoms with van der Waals surface area (Å²) < 4.78 is 18.6. The maximum atomic E-state index is 13.7. The van der Waals surface area contributed by atoms with Crippen LogP contribution >= 0.6 is 0 Å². The van der Waals surface area contributed by atoms with Crippen LogP contribution < -0.4 is 10.5 Å². The lowest BCUT2D eigenvalue weighted by molar-refractivity contribution is 0.386. The topological polar surface area (TPSA) is 61.0 Å². The zero-order chi connectivity index (χ0) is 13.1. The minimum atomic E-state index is -0.422. The van der Waals surface area contributed by atoms with Crippen molar-refractivity contribution in [1.29, 1.82) is 0 Å². The molecule has 0 unspecified atom stereocenters. The molecule has 0 fully saturated rings. The van der Waals surface area contributed by atoms with Crippen molar-refractivity contribution in [1.82, 2.24) is 9.97 Å². The molecule has 0 aliphatic carbocycles. The van der Waals surface area contributed by atoms with Crippen LogP contribution in [0, 0.1) is 5.82 Å². The smallest absolute Gasteiger partial charge is 0.165 e. The molecule has 0 aliphatic heterocycles. The molecular weight excluding hydrogens is 233 g/mol. The Balaban J connectivity index is 2.55. The summed E-state index contributed by atoms with van der Waals surface area (Å²) in [5.41, 5.74) is 7.94. The number of nitrogens with two attached hydrogens (primary N) is 1. The van der Waals surface area contributed by atoms with Crippen molar-refractivity contribution in [2.45, 2.75) is 13.3 Å². The number of anilines is 1. The lowest BCUT2D eigenvalue weighted by Crippen LogP contribution is -2.01. The Morgan fingerprint density at radius 1 is 1.33 bits per heavy atom. The van der Waals surface area contributed by atoms with E-state index in [1.165, 1.54) is 19.5 Å². The van der Waals surface area contributed by atoms with E-state index in [9.17, 15) is 4.39 Å². The highest BCUT2D eigenvalue weighted by molar-refractivity contribution is 5.68. The fourth-order valence-corrected chi connectivity index (χ4v) is 1.84. The Morgan fingerprint density at radius 2 is 2.11 bits per heavy atom. The van der Waals surface area contributed by atoms with Crippen LogP contribution in [-0.4, -0.2) is 17.1 Å². The van der Waals surface area contributed by atoms with Gasteiger partial charge in [0.1, 0.15) is 12.1 Å². The molecule has 1 aromatic heterocycles. The highest BCUT2D eigenvalue weighted by atomic mass is 19.1. The summed E-state index contributed by atoms with van der Waals surface area (Å²) in [5.74, 6) is 0.215. The van der Waals surface area contributed by atoms with E-state index in [1.807, 2.05) is 6.92 Å². The molecule has 1 aromatic carbocycles. The van der Waals surface area contributed by atoms with E-state index in [4.69, 9.17) is 10.5 Å². The minimum absolute atomic E-state index is 0.207. The zero-order valence-electron chi connectivity index (χ0n) is 10.3. The first-order valence-electron chi connectivity index (χ1n) is 5.60. The van der Waals surface area contributed by atoms with Crippen LogP contribution in [0.4, 0.5) is 10.2 Å². The van der Waals surface area contributed by atoms with Gasteiger partial charge < -0.3 is 10.5 Å². The van der Waals surface area contributed by atoms with E-state index in [0.717, 1.165) is 5.56 Å². The number of halogens is 1. The van der Waals surface area contributed by atoms with E-state index in [0.29, 0.717) is 23.5 Å². The van der Waals surface area contributed by atoms with Crippen molar-refractivity contribution in [3.8, 4) is 17.0 Å². The summed E-state index contributed by atoms with van der Waals surface area (Å²) in [7, 11) is 1.43. The maximum absolute atomic E-state index is 13.7. The summed E-state index contributed by atoms with van der Waals surface area (Å²) in [6.45, 7) is 1.96. The second kappa shape index (κ2) is 5.00. The molecule has 0 aliphatic rings. The number of nitrogen functional groups attached to an aromatic ring is 1. The molecule has 2 aromatic rings. The molecule has 2 N–H and O–H groups in total. The molecule has 0 bridgehead atoms. The molecule has 18 heavy (non-hydrogen) atoms. The van der Waals surface area contributed by atoms with Crippen LogP contribution in [0.1, 0.15) is 12.5 Å². The van der Waals surface area contributed by atoms with Crippen molar-refractivity contribution >= 4 is 5.82 Å². The Hall–Kier alpha value is -2.17. The monoisotopic (exact) mass is 247 g/mol. The van der Waals surface area contributed by atoms with Crippen LogP contribution in [0.15, 0.2) is 24.5 Å². The number of ether oxygens (including phenoxy) is 1. The van der Waals surface area contributed by atoms with Crippen LogP contribution in [-0.2, 0) is 6.42 Å². The van der Waals surface area contributed by atoms with Gasteiger partial charge in [-0.15, -0.1) is 0 Å². The highest BCUT2D eigenvalue weighted by Crippen LogP contribution is 2.28. The van der Waals surface area contributed by atoms with Gasteiger partial charge in [0.05, 0.1) is 12.8 Å². The van der Waals surface area contributed by atoms with Gasteiger partial charge in [-0.2, -0.15) is 0 Å². The van der Waals surface area contributed by atoms with E-state index < -0.39 is 5.82 Å². The standard InChI is InChI=1S/C13H14FN3O/c1-3-9-12(16-7-17-13(9)15)8-4-5-11(18-2)10(14)6-8/h4-7H,3H2,1-2H3,(H2,15,16,17). The number of nitrogens with zero attached hydrogens (tertiary/aromatic N) is 2. The number of benzene rings is 1. The third kappa shape index (κ3) is 2.11. The third-order valence-electron chi connectivity index (χ3n) is 2.76. The molecule has 0 saturated heterocycles. The number of hydrogen-bond acceptors (Lipinski definition) is 4. The maximum Gasteiger partial charge on any atom is 0.165 e. The number of methoxy groups -OCH3 is 1. The Labute approximate surface area is 105 Å². The number of rotatable bonds is 3. The van der Waals surface area contributed by atoms with Gasteiger partial charge in [-0.1, -0.05) is 6.92 Å². The Kier molecular flexibility index (Phi) is 3.41. The van der Waals surface area contributed by atoms with Crippen LogP contribution in [0.3, 0.4) is 0 Å². The molecular formula is C13H14FN3O. The Morgan fingerprint density at radius 3 is 2.72 bits per heavy atom. The lowest BCUT2D eigenvalue weighted by Gasteiger charge is -2.10. The van der Waals surface area contributed by atoms with Crippen molar-refractivity contribution in [2.24, 2.45) is 0 Å². The summed E-state index contributed by atoms with van der Waals surface area (Å²) >= 11 is 0. The average Bonchev–Trinajstić information content (AvgIpc) is 2.38. The van der Waals surface area contributed by atoms with E-state index in [1.54, 1.807) is 12.1 Å². The number of aromatic nitrogens is 2. The van der Waals surface area contributed by atoms with Gasteiger partial charge in [-0.05, 0) is 24.6 Å². The normalized spacial score (nSPS) is 10.4. The predicted octanol–water partition coefficient (Wildman–Crippen LogP) is 2.44. The largest absolute Gasteiger partial charge is 0.494 e. The molecule has 0 saturated carbocycles. The molecule has 2 rings (SSSR count). The minimum Gasteiger partial charge on any atom is -0.494 e. The summed E-state index contributed by atoms with van der Waals surface area (Å²) in [6.07, 6.45) is 2.07. The number of hydrogen-bond donors (Lipinski definition) is 1. The van der Waals surface area contributed by atoms with Gasteiger partial charge in [0, 0.05) is 11.1 Å². The van der Waals surface area contributed by atoms with Gasteiger partial charge >= 0.3 is 0 Å². The third-order valence-corrected chi connectivity index (χ3v) is 2.76. The molecule has 5 heteroatoms. The van der Waals surface area contributed by atoms with Gasteiger partial charge in [-0.25, -0.2) is 14.4 Å². The van der Waals surface area contributed by atoms with Crippen molar-refractivity contribution < 1.29 is 9.13 Å².